The van der Waals surface area contributed by atoms with Crippen LogP contribution in [0.2, 0.25) is 0 Å². The Labute approximate surface area is 376 Å². The summed E-state index contributed by atoms with van der Waals surface area (Å²) in [4.78, 5) is 64.0. The number of alkyl carbamates (subject to hydrolysis) is 2. The molecular weight excluding hydrogens is 857 g/mol. The van der Waals surface area contributed by atoms with Crippen molar-refractivity contribution in [2.75, 3.05) is 51.0 Å². The van der Waals surface area contributed by atoms with E-state index >= 15 is 0 Å². The number of anilines is 2. The fourth-order valence-electron chi connectivity index (χ4n) is 7.20. The van der Waals surface area contributed by atoms with Gasteiger partial charge in [0.2, 0.25) is 11.8 Å². The number of likely N-dealkylation sites (tertiary alicyclic amines) is 2. The van der Waals surface area contributed by atoms with Crippen LogP contribution in [-0.4, -0.2) is 108 Å². The Bertz CT molecular complexity index is 1860. The number of nitrogens with zero attached hydrogens (tertiary/aromatic N) is 4. The standard InChI is InChI=1S/C38H50N8O6S2.4H2S/c1-21(2)31(43-37(49)51-5)33(47)45-15-7-9-25(45)19-39-35-41-27-13-11-23(17-29(27)53-35)24-12-14-28-30(18-24)54-36(42-28)40-20-26-10-8-16-46(26)34(48)32(22(3)4)44-38(50)52-6;;;;/h11-14,17-18,21-22,25-26,31-32H,7-10,15-16,19-20H2,1-6H3,(H,39,41)(H,40,42)(H,43,49)(H,44,50);4*1H2/t25-,26-,31-,32-;;;;/m0..../s1. The minimum Gasteiger partial charge on any atom is -0.453 e. The topological polar surface area (TPSA) is 167 Å². The lowest BCUT2D eigenvalue weighted by molar-refractivity contribution is -0.135. The number of methoxy groups -OCH3 is 2. The summed E-state index contributed by atoms with van der Waals surface area (Å²) in [5.41, 5.74) is 3.96. The second kappa shape index (κ2) is 22.9. The van der Waals surface area contributed by atoms with E-state index in [2.05, 4.69) is 45.5 Å². The first-order chi connectivity index (χ1) is 25.9. The molecule has 2 aliphatic rings. The molecule has 0 radical (unpaired) electrons. The van der Waals surface area contributed by atoms with Crippen molar-refractivity contribution in [3.05, 3.63) is 36.4 Å². The third-order valence-corrected chi connectivity index (χ3v) is 12.1. The number of rotatable bonds is 13. The van der Waals surface area contributed by atoms with E-state index in [0.29, 0.717) is 26.2 Å². The molecule has 2 fully saturated rings. The second-order valence-corrected chi connectivity index (χ2v) is 16.6. The molecular formula is C38H58N8O6S6. The third kappa shape index (κ3) is 11.9. The largest absolute Gasteiger partial charge is 0.453 e. The Morgan fingerprint density at radius 3 is 1.40 bits per heavy atom. The summed E-state index contributed by atoms with van der Waals surface area (Å²) < 4.78 is 11.6. The highest BCUT2D eigenvalue weighted by atomic mass is 32.1. The van der Waals surface area contributed by atoms with Crippen LogP contribution in [0, 0.1) is 11.8 Å². The first-order valence-corrected chi connectivity index (χ1v) is 20.2. The number of nitrogens with one attached hydrogen (secondary N) is 4. The van der Waals surface area contributed by atoms with Crippen molar-refractivity contribution in [1.82, 2.24) is 30.4 Å². The van der Waals surface area contributed by atoms with Gasteiger partial charge in [-0.15, -0.1) is 0 Å². The van der Waals surface area contributed by atoms with Crippen molar-refractivity contribution in [3.63, 3.8) is 0 Å². The van der Waals surface area contributed by atoms with E-state index in [1.165, 1.54) is 14.2 Å². The van der Waals surface area contributed by atoms with Crippen LogP contribution in [0.15, 0.2) is 36.4 Å². The fourth-order valence-corrected chi connectivity index (χ4v) is 9.03. The lowest BCUT2D eigenvalue weighted by Crippen LogP contribution is -2.53. The van der Waals surface area contributed by atoms with Gasteiger partial charge in [0.05, 0.1) is 34.7 Å². The number of ether oxygens (including phenoxy) is 2. The van der Waals surface area contributed by atoms with Gasteiger partial charge in [-0.3, -0.25) is 9.59 Å². The average molecular weight is 915 g/mol. The molecule has 4 amide bonds. The van der Waals surface area contributed by atoms with Crippen molar-refractivity contribution >= 4 is 131 Å². The third-order valence-electron chi connectivity index (χ3n) is 10.2. The number of amides is 4. The summed E-state index contributed by atoms with van der Waals surface area (Å²) in [6.45, 7) is 10.1. The first-order valence-electron chi connectivity index (χ1n) is 18.5. The van der Waals surface area contributed by atoms with Crippen LogP contribution < -0.4 is 21.3 Å². The molecule has 4 N–H and O–H groups in total. The molecule has 14 nitrogen and oxygen atoms in total. The maximum Gasteiger partial charge on any atom is 0.407 e. The highest BCUT2D eigenvalue weighted by Crippen LogP contribution is 2.35. The lowest BCUT2D eigenvalue weighted by Gasteiger charge is -2.30. The number of carbonyl (C=O) groups is 4. The molecule has 2 aromatic carbocycles. The monoisotopic (exact) mass is 914 g/mol. The lowest BCUT2D eigenvalue weighted by atomic mass is 10.0. The predicted molar refractivity (Wildman–Crippen MR) is 255 cm³/mol. The van der Waals surface area contributed by atoms with Gasteiger partial charge in [-0.1, -0.05) is 62.5 Å². The summed E-state index contributed by atoms with van der Waals surface area (Å²) in [5, 5.41) is 13.9. The molecule has 4 aromatic rings. The summed E-state index contributed by atoms with van der Waals surface area (Å²) in [6, 6.07) is 11.2. The summed E-state index contributed by atoms with van der Waals surface area (Å²) in [7, 11) is 2.60. The van der Waals surface area contributed by atoms with E-state index in [1.54, 1.807) is 22.7 Å². The molecule has 322 valence electrons. The number of benzene rings is 2. The van der Waals surface area contributed by atoms with Crippen LogP contribution in [0.1, 0.15) is 53.4 Å². The molecule has 58 heavy (non-hydrogen) atoms. The SMILES string of the molecule is COC(=O)N[C@H](C(=O)N1CCC[C@H]1CNc1nc2ccc(-c3ccc4nc(NC[C@@H]5CCCN5C(=O)[C@@H](NC(=O)OC)C(C)C)sc4c3)cc2s1)C(C)C.S.S.S.S. The molecule has 2 aliphatic heterocycles. The summed E-state index contributed by atoms with van der Waals surface area (Å²) in [5.74, 6) is -0.329. The molecule has 0 bridgehead atoms. The normalized spacial score (nSPS) is 17.0. The van der Waals surface area contributed by atoms with E-state index in [1.807, 2.05) is 49.6 Å². The molecule has 20 heteroatoms. The zero-order valence-electron chi connectivity index (χ0n) is 33.6. The Balaban J connectivity index is 0.00000290. The van der Waals surface area contributed by atoms with E-state index in [-0.39, 0.29) is 89.7 Å². The molecule has 2 saturated heterocycles. The molecule has 4 atom stereocenters. The van der Waals surface area contributed by atoms with Gasteiger partial charge in [-0.25, -0.2) is 19.6 Å². The van der Waals surface area contributed by atoms with Gasteiger partial charge in [-0.05, 0) is 72.9 Å². The zero-order valence-corrected chi connectivity index (χ0v) is 39.3. The highest BCUT2D eigenvalue weighted by Gasteiger charge is 2.37. The highest BCUT2D eigenvalue weighted by molar-refractivity contribution is 7.59. The van der Waals surface area contributed by atoms with E-state index < -0.39 is 24.3 Å². The van der Waals surface area contributed by atoms with E-state index in [4.69, 9.17) is 19.4 Å². The molecule has 0 saturated carbocycles. The van der Waals surface area contributed by atoms with Crippen molar-refractivity contribution in [3.8, 4) is 11.1 Å². The summed E-state index contributed by atoms with van der Waals surface area (Å²) in [6.07, 6.45) is 2.35. The first kappa shape index (κ1) is 50.8. The average Bonchev–Trinajstić information content (AvgIpc) is 3.98. The van der Waals surface area contributed by atoms with Crippen molar-refractivity contribution < 1.29 is 28.7 Å². The van der Waals surface area contributed by atoms with Gasteiger partial charge < -0.3 is 40.5 Å². The van der Waals surface area contributed by atoms with Crippen LogP contribution >= 0.6 is 76.7 Å². The van der Waals surface area contributed by atoms with Gasteiger partial charge in [0, 0.05) is 38.3 Å². The van der Waals surface area contributed by atoms with Crippen LogP contribution in [0.5, 0.6) is 0 Å². The molecule has 2 aromatic heterocycles. The van der Waals surface area contributed by atoms with E-state index in [9.17, 15) is 19.2 Å². The number of hydrogen-bond donors (Lipinski definition) is 4. The van der Waals surface area contributed by atoms with Crippen LogP contribution in [0.25, 0.3) is 31.6 Å². The van der Waals surface area contributed by atoms with Crippen molar-refractivity contribution in [2.45, 2.75) is 77.5 Å². The summed E-state index contributed by atoms with van der Waals surface area (Å²) >= 11 is 3.17. The molecule has 6 rings (SSSR count). The Kier molecular flexibility index (Phi) is 20.1. The molecule has 0 spiro atoms. The fraction of sp³-hybridized carbons (Fsp3) is 0.526. The van der Waals surface area contributed by atoms with Crippen molar-refractivity contribution in [1.29, 1.82) is 0 Å². The Morgan fingerprint density at radius 1 is 0.672 bits per heavy atom. The molecule has 0 unspecified atom stereocenters. The molecule has 0 aliphatic carbocycles. The number of thiazole rings is 2. The van der Waals surface area contributed by atoms with Gasteiger partial charge in [0.25, 0.3) is 0 Å². The molecule has 4 heterocycles. The second-order valence-electron chi connectivity index (χ2n) is 14.5. The smallest absolute Gasteiger partial charge is 0.407 e. The van der Waals surface area contributed by atoms with Gasteiger partial charge in [0.15, 0.2) is 10.3 Å². The van der Waals surface area contributed by atoms with Gasteiger partial charge in [0.1, 0.15) is 12.1 Å². The minimum atomic E-state index is -0.645. The number of fused-ring (bicyclic) bond motifs is 2. The van der Waals surface area contributed by atoms with Crippen LogP contribution in [-0.2, 0) is 19.1 Å². The van der Waals surface area contributed by atoms with E-state index in [0.717, 1.165) is 67.5 Å². The maximum atomic E-state index is 13.4. The van der Waals surface area contributed by atoms with Gasteiger partial charge >= 0.3 is 12.2 Å². The number of hydrogen-bond acceptors (Lipinski definition) is 12. The van der Waals surface area contributed by atoms with Crippen LogP contribution in [0.3, 0.4) is 0 Å². The van der Waals surface area contributed by atoms with Gasteiger partial charge in [-0.2, -0.15) is 54.0 Å². The Morgan fingerprint density at radius 2 is 1.05 bits per heavy atom. The number of carbonyl (C=O) groups excluding carboxylic acids is 4. The maximum absolute atomic E-state index is 13.4. The minimum absolute atomic E-state index is 0. The van der Waals surface area contributed by atoms with Crippen LogP contribution in [0.4, 0.5) is 19.9 Å². The Hall–Kier alpha value is -3.30. The zero-order chi connectivity index (χ0) is 38.5. The predicted octanol–water partition coefficient (Wildman–Crippen LogP) is 6.59. The van der Waals surface area contributed by atoms with Crippen molar-refractivity contribution in [2.24, 2.45) is 11.8 Å². The number of aromatic nitrogens is 2. The quantitative estimate of drug-likeness (QED) is 0.115.